The number of piperidine rings is 2. The SMILES string of the molecule is O=C1CN[C@@H]2CCN(C(=O)N3CC(OCc4ccc(C(F)(F)F)cc4F)C3)C[C@@H]2C1. The van der Waals surface area contributed by atoms with Gasteiger partial charge in [-0.25, -0.2) is 9.18 Å². The van der Waals surface area contributed by atoms with E-state index in [9.17, 15) is 27.2 Å². The number of amides is 2. The van der Waals surface area contributed by atoms with Gasteiger partial charge < -0.3 is 19.9 Å². The molecule has 2 atom stereocenters. The molecule has 0 saturated carbocycles. The second-order valence-corrected chi connectivity index (χ2v) is 8.15. The number of ether oxygens (including phenoxy) is 1. The van der Waals surface area contributed by atoms with Gasteiger partial charge in [-0.3, -0.25) is 4.79 Å². The van der Waals surface area contributed by atoms with Gasteiger partial charge in [0, 0.05) is 31.1 Å². The van der Waals surface area contributed by atoms with Crippen molar-refractivity contribution in [3.63, 3.8) is 0 Å². The second-order valence-electron chi connectivity index (χ2n) is 8.15. The van der Waals surface area contributed by atoms with E-state index in [0.717, 1.165) is 18.6 Å². The fourth-order valence-electron chi connectivity index (χ4n) is 4.24. The number of benzene rings is 1. The average molecular weight is 429 g/mol. The molecule has 1 aromatic carbocycles. The Morgan fingerprint density at radius 2 is 1.97 bits per heavy atom. The van der Waals surface area contributed by atoms with Crippen LogP contribution in [0.25, 0.3) is 0 Å². The van der Waals surface area contributed by atoms with Crippen LogP contribution in [0.4, 0.5) is 22.4 Å². The Kier molecular flexibility index (Phi) is 5.71. The first-order chi connectivity index (χ1) is 14.2. The second kappa shape index (κ2) is 8.14. The maximum absolute atomic E-state index is 13.9. The van der Waals surface area contributed by atoms with Gasteiger partial charge >= 0.3 is 12.2 Å². The molecule has 3 aliphatic rings. The number of ketones is 1. The lowest BCUT2D eigenvalue weighted by atomic mass is 9.85. The summed E-state index contributed by atoms with van der Waals surface area (Å²) < 4.78 is 57.2. The van der Waals surface area contributed by atoms with E-state index in [1.807, 2.05) is 0 Å². The van der Waals surface area contributed by atoms with E-state index in [4.69, 9.17) is 4.74 Å². The minimum Gasteiger partial charge on any atom is -0.370 e. The normalized spacial score (nSPS) is 25.1. The van der Waals surface area contributed by atoms with Gasteiger partial charge in [0.25, 0.3) is 0 Å². The minimum atomic E-state index is -4.59. The summed E-state index contributed by atoms with van der Waals surface area (Å²) >= 11 is 0. The molecule has 0 bridgehead atoms. The molecular weight excluding hydrogens is 406 g/mol. The highest BCUT2D eigenvalue weighted by molar-refractivity contribution is 5.82. The van der Waals surface area contributed by atoms with Crippen LogP contribution in [0.2, 0.25) is 0 Å². The maximum Gasteiger partial charge on any atom is 0.416 e. The highest BCUT2D eigenvalue weighted by Gasteiger charge is 2.39. The number of alkyl halides is 3. The molecule has 0 unspecified atom stereocenters. The Bertz CT molecular complexity index is 826. The molecule has 1 N–H and O–H groups in total. The van der Waals surface area contributed by atoms with Crippen LogP contribution in [-0.4, -0.2) is 66.5 Å². The van der Waals surface area contributed by atoms with Crippen LogP contribution < -0.4 is 5.32 Å². The smallest absolute Gasteiger partial charge is 0.370 e. The van der Waals surface area contributed by atoms with Crippen molar-refractivity contribution in [2.75, 3.05) is 32.7 Å². The van der Waals surface area contributed by atoms with Gasteiger partial charge in [-0.15, -0.1) is 0 Å². The van der Waals surface area contributed by atoms with Gasteiger partial charge in [0.05, 0.1) is 37.9 Å². The first kappa shape index (κ1) is 21.0. The number of rotatable bonds is 3. The number of hydrogen-bond acceptors (Lipinski definition) is 4. The summed E-state index contributed by atoms with van der Waals surface area (Å²) in [5.74, 6) is -0.658. The summed E-state index contributed by atoms with van der Waals surface area (Å²) in [6.45, 7) is 2.12. The Balaban J connectivity index is 1.23. The number of fused-ring (bicyclic) bond motifs is 1. The quantitative estimate of drug-likeness (QED) is 0.750. The van der Waals surface area contributed by atoms with E-state index < -0.39 is 17.6 Å². The summed E-state index contributed by atoms with van der Waals surface area (Å²) in [7, 11) is 0. The zero-order chi connectivity index (χ0) is 21.5. The lowest BCUT2D eigenvalue weighted by molar-refractivity contribution is -0.137. The van der Waals surface area contributed by atoms with Crippen LogP contribution in [0, 0.1) is 11.7 Å². The van der Waals surface area contributed by atoms with Crippen molar-refractivity contribution in [3.05, 3.63) is 35.1 Å². The molecule has 3 aliphatic heterocycles. The summed E-state index contributed by atoms with van der Waals surface area (Å²) in [4.78, 5) is 27.7. The predicted octanol–water partition coefficient (Wildman–Crippen LogP) is 2.42. The van der Waals surface area contributed by atoms with Gasteiger partial charge in [0.15, 0.2) is 0 Å². The minimum absolute atomic E-state index is 0.0457. The van der Waals surface area contributed by atoms with Crippen molar-refractivity contribution in [2.45, 2.75) is 37.8 Å². The van der Waals surface area contributed by atoms with Gasteiger partial charge in [0.2, 0.25) is 0 Å². The summed E-state index contributed by atoms with van der Waals surface area (Å²) in [5.41, 5.74) is -0.993. The number of Topliss-reactive ketones (excluding diaryl/α,β-unsaturated/α-hetero) is 1. The van der Waals surface area contributed by atoms with E-state index in [2.05, 4.69) is 5.32 Å². The summed E-state index contributed by atoms with van der Waals surface area (Å²) in [5, 5.41) is 3.23. The van der Waals surface area contributed by atoms with Crippen molar-refractivity contribution >= 4 is 11.8 Å². The monoisotopic (exact) mass is 429 g/mol. The predicted molar refractivity (Wildman–Crippen MR) is 98.0 cm³/mol. The number of hydrogen-bond donors (Lipinski definition) is 1. The number of likely N-dealkylation sites (tertiary alicyclic amines) is 2. The fourth-order valence-corrected chi connectivity index (χ4v) is 4.24. The molecule has 164 valence electrons. The number of carbonyl (C=O) groups excluding carboxylic acids is 2. The van der Waals surface area contributed by atoms with E-state index in [1.165, 1.54) is 0 Å². The molecule has 6 nitrogen and oxygen atoms in total. The number of nitrogens with zero attached hydrogens (tertiary/aromatic N) is 2. The van der Waals surface area contributed by atoms with Gasteiger partial charge in [-0.05, 0) is 24.5 Å². The standard InChI is InChI=1S/C20H23F4N3O3/c21-17-6-14(20(22,23)24)2-1-12(17)11-30-16-9-27(10-16)19(29)26-4-3-18-13(8-26)5-15(28)7-25-18/h1-2,6,13,16,18,25H,3-5,7-11H2/t13-,18+/m0/s1. The van der Waals surface area contributed by atoms with Crippen molar-refractivity contribution < 1.29 is 31.9 Å². The Morgan fingerprint density at radius 1 is 1.20 bits per heavy atom. The molecule has 0 aliphatic carbocycles. The number of nitrogens with one attached hydrogen (secondary N) is 1. The van der Waals surface area contributed by atoms with Gasteiger partial charge in [0.1, 0.15) is 11.6 Å². The zero-order valence-electron chi connectivity index (χ0n) is 16.3. The molecule has 4 rings (SSSR count). The molecule has 1 aromatic rings. The van der Waals surface area contributed by atoms with Crippen LogP contribution in [-0.2, 0) is 22.3 Å². The molecular formula is C20H23F4N3O3. The maximum atomic E-state index is 13.9. The third-order valence-corrected chi connectivity index (χ3v) is 6.03. The topological polar surface area (TPSA) is 61.9 Å². The van der Waals surface area contributed by atoms with Crippen LogP contribution >= 0.6 is 0 Å². The van der Waals surface area contributed by atoms with Crippen molar-refractivity contribution in [1.82, 2.24) is 15.1 Å². The number of halogens is 4. The molecule has 0 radical (unpaired) electrons. The molecule has 0 aromatic heterocycles. The van der Waals surface area contributed by atoms with E-state index in [1.54, 1.807) is 9.80 Å². The van der Waals surface area contributed by atoms with Crippen LogP contribution in [0.15, 0.2) is 18.2 Å². The van der Waals surface area contributed by atoms with Crippen LogP contribution in [0.3, 0.4) is 0 Å². The molecule has 3 fully saturated rings. The third kappa shape index (κ3) is 4.44. The number of urea groups is 1. The molecule has 30 heavy (non-hydrogen) atoms. The van der Waals surface area contributed by atoms with Gasteiger partial charge in [-0.1, -0.05) is 6.07 Å². The fraction of sp³-hybridized carbons (Fsp3) is 0.600. The van der Waals surface area contributed by atoms with Crippen LogP contribution in [0.5, 0.6) is 0 Å². The number of carbonyl (C=O) groups is 2. The van der Waals surface area contributed by atoms with Gasteiger partial charge in [-0.2, -0.15) is 13.2 Å². The largest absolute Gasteiger partial charge is 0.416 e. The Labute approximate surface area is 171 Å². The Hall–Kier alpha value is -2.20. The third-order valence-electron chi connectivity index (χ3n) is 6.03. The zero-order valence-corrected chi connectivity index (χ0v) is 16.3. The van der Waals surface area contributed by atoms with E-state index in [0.29, 0.717) is 45.2 Å². The molecule has 3 saturated heterocycles. The molecule has 3 heterocycles. The Morgan fingerprint density at radius 3 is 2.67 bits per heavy atom. The highest BCUT2D eigenvalue weighted by Crippen LogP contribution is 2.31. The van der Waals surface area contributed by atoms with E-state index >= 15 is 0 Å². The van der Waals surface area contributed by atoms with Crippen molar-refractivity contribution in [3.8, 4) is 0 Å². The van der Waals surface area contributed by atoms with Crippen molar-refractivity contribution in [1.29, 1.82) is 0 Å². The van der Waals surface area contributed by atoms with Crippen molar-refractivity contribution in [2.24, 2.45) is 5.92 Å². The first-order valence-electron chi connectivity index (χ1n) is 9.97. The lowest BCUT2D eigenvalue weighted by Gasteiger charge is -2.46. The summed E-state index contributed by atoms with van der Waals surface area (Å²) in [6.07, 6.45) is -3.58. The first-order valence-corrected chi connectivity index (χ1v) is 9.97. The molecule has 0 spiro atoms. The highest BCUT2D eigenvalue weighted by atomic mass is 19.4. The average Bonchev–Trinajstić information content (AvgIpc) is 2.66. The van der Waals surface area contributed by atoms with Crippen LogP contribution in [0.1, 0.15) is 24.0 Å². The molecule has 10 heteroatoms. The summed E-state index contributed by atoms with van der Waals surface area (Å²) in [6, 6.07) is 2.53. The lowest BCUT2D eigenvalue weighted by Crippen LogP contribution is -2.62. The molecule has 2 amide bonds. The van der Waals surface area contributed by atoms with E-state index in [-0.39, 0.29) is 42.0 Å².